The van der Waals surface area contributed by atoms with E-state index in [0.717, 1.165) is 82.4 Å². The van der Waals surface area contributed by atoms with Gasteiger partial charge in [-0.25, -0.2) is 0 Å². The number of ether oxygens (including phenoxy) is 1. The van der Waals surface area contributed by atoms with Gasteiger partial charge in [0.25, 0.3) is 0 Å². The van der Waals surface area contributed by atoms with Gasteiger partial charge in [-0.15, -0.1) is 0 Å². The average molecular weight is 419 g/mol. The number of hydrogen-bond acceptors (Lipinski definition) is 5. The lowest BCUT2D eigenvalue weighted by Gasteiger charge is -2.37. The fourth-order valence-electron chi connectivity index (χ4n) is 4.12. The highest BCUT2D eigenvalue weighted by Crippen LogP contribution is 2.26. The third-order valence-corrected chi connectivity index (χ3v) is 6.16. The molecule has 1 atom stereocenters. The molecule has 0 spiro atoms. The predicted octanol–water partition coefficient (Wildman–Crippen LogP) is 4.05. The van der Waals surface area contributed by atoms with Gasteiger partial charge in [0.15, 0.2) is 0 Å². The van der Waals surface area contributed by atoms with Gasteiger partial charge >= 0.3 is 0 Å². The molecule has 2 fully saturated rings. The Balaban J connectivity index is 1.67. The summed E-state index contributed by atoms with van der Waals surface area (Å²) in [6.07, 6.45) is 10.0. The summed E-state index contributed by atoms with van der Waals surface area (Å²) >= 11 is 6.47. The van der Waals surface area contributed by atoms with Crippen LogP contribution < -0.4 is 5.32 Å². The number of piperidine rings is 1. The minimum absolute atomic E-state index is 0.0529. The van der Waals surface area contributed by atoms with Crippen molar-refractivity contribution in [2.75, 3.05) is 45.9 Å². The molecular formula is C23H35ClN4O. The zero-order chi connectivity index (χ0) is 20.6. The molecule has 0 amide bonds. The molecule has 160 valence electrons. The first-order valence-electron chi connectivity index (χ1n) is 10.8. The maximum atomic E-state index is 6.47. The molecular weight excluding hydrogens is 384 g/mol. The number of aliphatic imine (C=N–C) groups is 1. The van der Waals surface area contributed by atoms with Crippen molar-refractivity contribution in [2.45, 2.75) is 45.7 Å². The molecule has 0 radical (unpaired) electrons. The highest BCUT2D eigenvalue weighted by atomic mass is 35.5. The highest BCUT2D eigenvalue weighted by molar-refractivity contribution is 6.30. The second kappa shape index (κ2) is 11.1. The Kier molecular flexibility index (Phi) is 8.54. The third-order valence-electron chi connectivity index (χ3n) is 5.83. The summed E-state index contributed by atoms with van der Waals surface area (Å²) in [7, 11) is 0. The van der Waals surface area contributed by atoms with E-state index in [4.69, 9.17) is 21.3 Å². The van der Waals surface area contributed by atoms with E-state index in [1.54, 1.807) is 0 Å². The van der Waals surface area contributed by atoms with Crippen LogP contribution in [-0.2, 0) is 4.74 Å². The zero-order valence-electron chi connectivity index (χ0n) is 17.9. The molecule has 5 nitrogen and oxygen atoms in total. The average Bonchev–Trinajstić information content (AvgIpc) is 2.74. The first kappa shape index (κ1) is 22.3. The summed E-state index contributed by atoms with van der Waals surface area (Å²) in [5, 5.41) is 4.23. The van der Waals surface area contributed by atoms with Crippen LogP contribution in [0.1, 0.15) is 39.5 Å². The van der Waals surface area contributed by atoms with E-state index in [1.165, 1.54) is 16.9 Å². The van der Waals surface area contributed by atoms with Crippen molar-refractivity contribution in [1.82, 2.24) is 15.1 Å². The summed E-state index contributed by atoms with van der Waals surface area (Å²) in [5.41, 5.74) is 5.00. The van der Waals surface area contributed by atoms with E-state index >= 15 is 0 Å². The molecule has 0 aromatic rings. The van der Waals surface area contributed by atoms with Gasteiger partial charge in [-0.1, -0.05) is 37.1 Å². The van der Waals surface area contributed by atoms with Crippen LogP contribution in [0.4, 0.5) is 0 Å². The van der Waals surface area contributed by atoms with E-state index < -0.39 is 0 Å². The van der Waals surface area contributed by atoms with Crippen LogP contribution in [0.5, 0.6) is 0 Å². The largest absolute Gasteiger partial charge is 0.379 e. The van der Waals surface area contributed by atoms with Gasteiger partial charge in [0.2, 0.25) is 0 Å². The third kappa shape index (κ3) is 6.29. The van der Waals surface area contributed by atoms with Gasteiger partial charge in [-0.2, -0.15) is 0 Å². The zero-order valence-corrected chi connectivity index (χ0v) is 18.7. The van der Waals surface area contributed by atoms with Gasteiger partial charge < -0.3 is 10.1 Å². The standard InChI is InChI=1S/C23H35ClN4O/c1-4-6-18(2)20-17-28(23-21(24)7-5-10-25-23)12-9-22(20)26-19(3)8-11-27-13-15-29-16-14-27/h5,7,10,23,25H,3-4,6,8-9,11-17H2,1-2H3/b20-18+,26-22?. The molecule has 0 aromatic heterocycles. The number of nitrogens with zero attached hydrogens (tertiary/aromatic N) is 3. The second-order valence-electron chi connectivity index (χ2n) is 8.04. The monoisotopic (exact) mass is 418 g/mol. The number of morpholine rings is 1. The molecule has 6 heteroatoms. The van der Waals surface area contributed by atoms with E-state index in [2.05, 4.69) is 35.5 Å². The van der Waals surface area contributed by atoms with Crippen LogP contribution in [0.15, 0.2) is 51.8 Å². The molecule has 3 aliphatic rings. The number of likely N-dealkylation sites (tertiary alicyclic amines) is 1. The molecule has 29 heavy (non-hydrogen) atoms. The summed E-state index contributed by atoms with van der Waals surface area (Å²) in [6.45, 7) is 15.3. The Morgan fingerprint density at radius 2 is 2.10 bits per heavy atom. The van der Waals surface area contributed by atoms with Crippen LogP contribution >= 0.6 is 11.6 Å². The van der Waals surface area contributed by atoms with Gasteiger partial charge in [0.05, 0.1) is 18.2 Å². The SMILES string of the molecule is C=C(CCN1CCOCC1)N=C1CCN(C2NC=CC=C2Cl)C/C1=C(/C)CCC. The molecule has 1 unspecified atom stereocenters. The molecule has 3 heterocycles. The molecule has 0 bridgehead atoms. The van der Waals surface area contributed by atoms with Crippen molar-refractivity contribution in [3.63, 3.8) is 0 Å². The first-order valence-corrected chi connectivity index (χ1v) is 11.2. The van der Waals surface area contributed by atoms with Crippen LogP contribution in [0, 0.1) is 0 Å². The number of halogens is 1. The molecule has 0 aliphatic carbocycles. The van der Waals surface area contributed by atoms with E-state index in [0.29, 0.717) is 0 Å². The lowest BCUT2D eigenvalue weighted by atomic mass is 9.94. The van der Waals surface area contributed by atoms with Gasteiger partial charge in [-0.3, -0.25) is 14.8 Å². The predicted molar refractivity (Wildman–Crippen MR) is 122 cm³/mol. The van der Waals surface area contributed by atoms with Crippen molar-refractivity contribution < 1.29 is 4.74 Å². The fraction of sp³-hybridized carbons (Fsp3) is 0.609. The number of dihydropyridines is 1. The fourth-order valence-corrected chi connectivity index (χ4v) is 4.39. The Bertz CT molecular complexity index is 704. The Labute approximate surface area is 180 Å². The lowest BCUT2D eigenvalue weighted by Crippen LogP contribution is -2.49. The number of allylic oxidation sites excluding steroid dienone is 3. The second-order valence-corrected chi connectivity index (χ2v) is 8.47. The molecule has 3 rings (SSSR count). The molecule has 0 saturated carbocycles. The first-order chi connectivity index (χ1) is 14.1. The Hall–Kier alpha value is -1.40. The normalized spacial score (nSPS) is 26.9. The van der Waals surface area contributed by atoms with Gasteiger partial charge in [0, 0.05) is 57.0 Å². The summed E-state index contributed by atoms with van der Waals surface area (Å²) < 4.78 is 5.43. The van der Waals surface area contributed by atoms with Crippen molar-refractivity contribution in [3.05, 3.63) is 46.8 Å². The lowest BCUT2D eigenvalue weighted by molar-refractivity contribution is 0.0384. The maximum Gasteiger partial charge on any atom is 0.116 e. The van der Waals surface area contributed by atoms with Gasteiger partial charge in [-0.05, 0) is 37.3 Å². The van der Waals surface area contributed by atoms with Crippen LogP contribution in [0.25, 0.3) is 0 Å². The van der Waals surface area contributed by atoms with Crippen LogP contribution in [-0.4, -0.2) is 67.6 Å². The summed E-state index contributed by atoms with van der Waals surface area (Å²) in [6, 6.07) is 0. The Morgan fingerprint density at radius 3 is 2.83 bits per heavy atom. The quantitative estimate of drug-likeness (QED) is 0.677. The van der Waals surface area contributed by atoms with Crippen molar-refractivity contribution in [3.8, 4) is 0 Å². The molecule has 0 aromatic carbocycles. The summed E-state index contributed by atoms with van der Waals surface area (Å²) in [5.74, 6) is 0. The van der Waals surface area contributed by atoms with Gasteiger partial charge in [0.1, 0.15) is 6.17 Å². The van der Waals surface area contributed by atoms with E-state index in [1.807, 2.05) is 18.4 Å². The Morgan fingerprint density at radius 1 is 1.31 bits per heavy atom. The number of rotatable bonds is 7. The maximum absolute atomic E-state index is 6.47. The molecule has 3 aliphatic heterocycles. The number of nitrogens with one attached hydrogen (secondary N) is 1. The summed E-state index contributed by atoms with van der Waals surface area (Å²) in [4.78, 5) is 9.85. The molecule has 1 N–H and O–H groups in total. The van der Waals surface area contributed by atoms with E-state index in [9.17, 15) is 0 Å². The van der Waals surface area contributed by atoms with Crippen LogP contribution in [0.2, 0.25) is 0 Å². The topological polar surface area (TPSA) is 40.1 Å². The smallest absolute Gasteiger partial charge is 0.116 e. The van der Waals surface area contributed by atoms with Crippen molar-refractivity contribution in [1.29, 1.82) is 0 Å². The number of hydrogen-bond donors (Lipinski definition) is 1. The minimum Gasteiger partial charge on any atom is -0.379 e. The molecule has 2 saturated heterocycles. The van der Waals surface area contributed by atoms with Crippen LogP contribution in [0.3, 0.4) is 0 Å². The van der Waals surface area contributed by atoms with Crippen molar-refractivity contribution in [2.24, 2.45) is 4.99 Å². The minimum atomic E-state index is 0.0529. The highest BCUT2D eigenvalue weighted by Gasteiger charge is 2.29. The van der Waals surface area contributed by atoms with Crippen molar-refractivity contribution >= 4 is 17.3 Å². The van der Waals surface area contributed by atoms with E-state index in [-0.39, 0.29) is 6.17 Å².